The van der Waals surface area contributed by atoms with E-state index in [1.165, 1.54) is 17.4 Å². The fourth-order valence-electron chi connectivity index (χ4n) is 1.21. The number of benzene rings is 1. The van der Waals surface area contributed by atoms with E-state index in [9.17, 15) is 4.39 Å². The van der Waals surface area contributed by atoms with Crippen molar-refractivity contribution in [3.8, 4) is 6.07 Å². The largest absolute Gasteiger partial charge is 0.396 e. The van der Waals surface area contributed by atoms with Crippen molar-refractivity contribution in [3.05, 3.63) is 28.9 Å². The van der Waals surface area contributed by atoms with Crippen LogP contribution in [0, 0.1) is 17.1 Å². The molecule has 0 unspecified atom stereocenters. The summed E-state index contributed by atoms with van der Waals surface area (Å²) in [6.45, 7) is 0. The highest BCUT2D eigenvalue weighted by Gasteiger charge is 2.09. The average molecular weight is 192 g/mol. The van der Waals surface area contributed by atoms with Gasteiger partial charge in [0.25, 0.3) is 0 Å². The van der Waals surface area contributed by atoms with Crippen molar-refractivity contribution >= 4 is 27.1 Å². The zero-order valence-electron chi connectivity index (χ0n) is 6.54. The van der Waals surface area contributed by atoms with Crippen LogP contribution in [0.15, 0.2) is 17.5 Å². The number of nitrogens with two attached hydrogens (primary N) is 1. The summed E-state index contributed by atoms with van der Waals surface area (Å²) < 4.78 is 13.9. The number of nitrogens with zero attached hydrogens (tertiary/aromatic N) is 1. The van der Waals surface area contributed by atoms with Crippen molar-refractivity contribution in [2.75, 3.05) is 5.73 Å². The molecule has 0 aliphatic rings. The number of nitriles is 1. The summed E-state index contributed by atoms with van der Waals surface area (Å²) in [6, 6.07) is 4.84. The number of halogens is 1. The maximum absolute atomic E-state index is 13.1. The van der Waals surface area contributed by atoms with E-state index < -0.39 is 5.82 Å². The Morgan fingerprint density at radius 1 is 1.54 bits per heavy atom. The van der Waals surface area contributed by atoms with Crippen LogP contribution in [0.25, 0.3) is 10.1 Å². The van der Waals surface area contributed by atoms with E-state index in [-0.39, 0.29) is 5.69 Å². The highest BCUT2D eigenvalue weighted by Crippen LogP contribution is 2.31. The first-order valence-electron chi connectivity index (χ1n) is 3.59. The average Bonchev–Trinajstić information content (AvgIpc) is 2.60. The first kappa shape index (κ1) is 8.02. The second-order valence-corrected chi connectivity index (χ2v) is 3.51. The standard InChI is InChI=1S/C9H5FN2S/c10-7-3-5(4-11)9-6(8(7)12)1-2-13-9/h1-3H,12H2. The van der Waals surface area contributed by atoms with Gasteiger partial charge < -0.3 is 5.73 Å². The molecule has 0 aliphatic carbocycles. The topological polar surface area (TPSA) is 49.8 Å². The Morgan fingerprint density at radius 3 is 3.00 bits per heavy atom. The zero-order chi connectivity index (χ0) is 9.42. The summed E-state index contributed by atoms with van der Waals surface area (Å²) in [7, 11) is 0. The molecule has 0 atom stereocenters. The van der Waals surface area contributed by atoms with Gasteiger partial charge in [0.05, 0.1) is 16.0 Å². The molecule has 0 bridgehead atoms. The quantitative estimate of drug-likeness (QED) is 0.652. The molecule has 2 nitrogen and oxygen atoms in total. The summed E-state index contributed by atoms with van der Waals surface area (Å²) in [5.74, 6) is -0.526. The molecule has 0 spiro atoms. The molecule has 0 radical (unpaired) electrons. The van der Waals surface area contributed by atoms with Crippen molar-refractivity contribution in [1.82, 2.24) is 0 Å². The van der Waals surface area contributed by atoms with Gasteiger partial charge >= 0.3 is 0 Å². The molecule has 1 heterocycles. The molecular weight excluding hydrogens is 187 g/mol. The lowest BCUT2D eigenvalue weighted by Gasteiger charge is -1.99. The first-order valence-corrected chi connectivity index (χ1v) is 4.47. The van der Waals surface area contributed by atoms with Crippen LogP contribution in [0.1, 0.15) is 5.56 Å². The van der Waals surface area contributed by atoms with Gasteiger partial charge in [0, 0.05) is 5.39 Å². The molecule has 2 N–H and O–H groups in total. The third kappa shape index (κ3) is 1.05. The van der Waals surface area contributed by atoms with Crippen molar-refractivity contribution < 1.29 is 4.39 Å². The minimum absolute atomic E-state index is 0.121. The Hall–Kier alpha value is -1.60. The second kappa shape index (κ2) is 2.71. The number of anilines is 1. The minimum atomic E-state index is -0.526. The summed E-state index contributed by atoms with van der Waals surface area (Å²) >= 11 is 1.39. The van der Waals surface area contributed by atoms with E-state index in [0.717, 1.165) is 4.70 Å². The molecule has 0 saturated heterocycles. The molecule has 64 valence electrons. The van der Waals surface area contributed by atoms with Crippen LogP contribution in [0.4, 0.5) is 10.1 Å². The smallest absolute Gasteiger partial charge is 0.148 e. The van der Waals surface area contributed by atoms with Crippen LogP contribution in [0.2, 0.25) is 0 Å². The number of nitrogen functional groups attached to an aromatic ring is 1. The van der Waals surface area contributed by atoms with Crippen LogP contribution < -0.4 is 5.73 Å². The fraction of sp³-hybridized carbons (Fsp3) is 0. The Balaban J connectivity index is 2.97. The molecular formula is C9H5FN2S. The maximum Gasteiger partial charge on any atom is 0.148 e. The molecule has 0 saturated carbocycles. The van der Waals surface area contributed by atoms with Gasteiger partial charge in [-0.1, -0.05) is 0 Å². The van der Waals surface area contributed by atoms with Gasteiger partial charge in [-0.05, 0) is 17.5 Å². The van der Waals surface area contributed by atoms with Crippen molar-refractivity contribution in [1.29, 1.82) is 5.26 Å². The van der Waals surface area contributed by atoms with E-state index in [1.807, 2.05) is 6.07 Å². The van der Waals surface area contributed by atoms with E-state index in [1.54, 1.807) is 11.4 Å². The van der Waals surface area contributed by atoms with E-state index in [4.69, 9.17) is 11.0 Å². The molecule has 0 amide bonds. The molecule has 13 heavy (non-hydrogen) atoms. The Kier molecular flexibility index (Phi) is 1.67. The fourth-order valence-corrected chi connectivity index (χ4v) is 2.09. The van der Waals surface area contributed by atoms with Crippen LogP contribution in [0.3, 0.4) is 0 Å². The minimum Gasteiger partial charge on any atom is -0.396 e. The Bertz CT molecular complexity index is 510. The molecule has 2 aromatic rings. The molecule has 4 heteroatoms. The Morgan fingerprint density at radius 2 is 2.31 bits per heavy atom. The third-order valence-corrected chi connectivity index (χ3v) is 2.80. The predicted molar refractivity (Wildman–Crippen MR) is 50.9 cm³/mol. The summed E-state index contributed by atoms with van der Waals surface area (Å²) in [5, 5.41) is 11.1. The van der Waals surface area contributed by atoms with Crippen LogP contribution >= 0.6 is 11.3 Å². The SMILES string of the molecule is N#Cc1cc(F)c(N)c2ccsc12. The van der Waals surface area contributed by atoms with Crippen molar-refractivity contribution in [2.45, 2.75) is 0 Å². The number of rotatable bonds is 0. The number of fused-ring (bicyclic) bond motifs is 1. The lowest BCUT2D eigenvalue weighted by Crippen LogP contribution is -1.92. The van der Waals surface area contributed by atoms with Gasteiger partial charge in [0.15, 0.2) is 0 Å². The normalized spacial score (nSPS) is 10.2. The first-order chi connectivity index (χ1) is 6.24. The van der Waals surface area contributed by atoms with Gasteiger partial charge in [-0.2, -0.15) is 5.26 Å². The van der Waals surface area contributed by atoms with Crippen LogP contribution in [0.5, 0.6) is 0 Å². The lowest BCUT2D eigenvalue weighted by molar-refractivity contribution is 0.634. The van der Waals surface area contributed by atoms with Gasteiger partial charge in [-0.15, -0.1) is 11.3 Å². The predicted octanol–water partition coefficient (Wildman–Crippen LogP) is 2.49. The number of thiophene rings is 1. The third-order valence-electron chi connectivity index (χ3n) is 1.85. The second-order valence-electron chi connectivity index (χ2n) is 2.59. The molecule has 1 aromatic heterocycles. The summed E-state index contributed by atoms with van der Waals surface area (Å²) in [4.78, 5) is 0. The van der Waals surface area contributed by atoms with Crippen LogP contribution in [-0.4, -0.2) is 0 Å². The molecule has 0 fully saturated rings. The summed E-state index contributed by atoms with van der Waals surface area (Å²) in [5.41, 5.74) is 5.97. The lowest BCUT2D eigenvalue weighted by atomic mass is 10.1. The van der Waals surface area contributed by atoms with Gasteiger partial charge in [0.2, 0.25) is 0 Å². The van der Waals surface area contributed by atoms with Gasteiger partial charge in [0.1, 0.15) is 11.9 Å². The van der Waals surface area contributed by atoms with Gasteiger partial charge in [-0.3, -0.25) is 0 Å². The van der Waals surface area contributed by atoms with E-state index >= 15 is 0 Å². The number of hydrogen-bond donors (Lipinski definition) is 1. The zero-order valence-corrected chi connectivity index (χ0v) is 7.36. The highest BCUT2D eigenvalue weighted by atomic mass is 32.1. The molecule has 1 aromatic carbocycles. The molecule has 2 rings (SSSR count). The number of hydrogen-bond acceptors (Lipinski definition) is 3. The van der Waals surface area contributed by atoms with Crippen molar-refractivity contribution in [2.24, 2.45) is 0 Å². The van der Waals surface area contributed by atoms with Crippen LogP contribution in [-0.2, 0) is 0 Å². The monoisotopic (exact) mass is 192 g/mol. The Labute approximate surface area is 78.0 Å². The summed E-state index contributed by atoms with van der Waals surface area (Å²) in [6.07, 6.45) is 0. The van der Waals surface area contributed by atoms with E-state index in [2.05, 4.69) is 0 Å². The van der Waals surface area contributed by atoms with E-state index in [0.29, 0.717) is 10.9 Å². The van der Waals surface area contributed by atoms with Gasteiger partial charge in [-0.25, -0.2) is 4.39 Å². The molecule has 0 aliphatic heterocycles. The highest BCUT2D eigenvalue weighted by molar-refractivity contribution is 7.17. The maximum atomic E-state index is 13.1. The van der Waals surface area contributed by atoms with Crippen molar-refractivity contribution in [3.63, 3.8) is 0 Å².